The standard InChI is InChI=1S/C15H25N5O5/c1-14(2,3)8(17-13(23)25-15(4,5)6)11(22)20(7)12-19-18-10(24-12)9(16)21/h8H,1-7H3,(H2,16,21)(H,17,23)/t8-/m1/s1. The minimum Gasteiger partial charge on any atom is -0.444 e. The molecule has 3 amide bonds. The van der Waals surface area contributed by atoms with Gasteiger partial charge >= 0.3 is 23.9 Å². The first kappa shape index (κ1) is 20.4. The Morgan fingerprint density at radius 2 is 1.72 bits per heavy atom. The van der Waals surface area contributed by atoms with E-state index in [4.69, 9.17) is 14.9 Å². The van der Waals surface area contributed by atoms with Crippen molar-refractivity contribution in [3.63, 3.8) is 0 Å². The van der Waals surface area contributed by atoms with Crippen molar-refractivity contribution in [1.82, 2.24) is 15.5 Å². The second-order valence-electron chi connectivity index (χ2n) is 7.60. The van der Waals surface area contributed by atoms with Gasteiger partial charge in [-0.2, -0.15) is 0 Å². The number of carbonyl (C=O) groups excluding carboxylic acids is 3. The number of rotatable bonds is 4. The minimum atomic E-state index is -0.934. The lowest BCUT2D eigenvalue weighted by Gasteiger charge is -2.32. The monoisotopic (exact) mass is 355 g/mol. The Balaban J connectivity index is 2.99. The zero-order chi connectivity index (χ0) is 19.6. The summed E-state index contributed by atoms with van der Waals surface area (Å²) in [6, 6.07) is -1.14. The SMILES string of the molecule is CN(C(=O)[C@@H](NC(=O)OC(C)(C)C)C(C)(C)C)c1nnc(C(N)=O)o1. The molecule has 10 heteroatoms. The summed E-state index contributed by atoms with van der Waals surface area (Å²) in [6.45, 7) is 10.5. The van der Waals surface area contributed by atoms with Crippen LogP contribution in [0.1, 0.15) is 52.2 Å². The summed E-state index contributed by atoms with van der Waals surface area (Å²) >= 11 is 0. The summed E-state index contributed by atoms with van der Waals surface area (Å²) in [7, 11) is 1.39. The van der Waals surface area contributed by atoms with Crippen LogP contribution in [0.2, 0.25) is 0 Å². The van der Waals surface area contributed by atoms with E-state index in [9.17, 15) is 14.4 Å². The first-order valence-electron chi connectivity index (χ1n) is 7.63. The van der Waals surface area contributed by atoms with Crippen LogP contribution in [-0.4, -0.2) is 46.8 Å². The van der Waals surface area contributed by atoms with Gasteiger partial charge in [-0.1, -0.05) is 25.9 Å². The van der Waals surface area contributed by atoms with Crippen LogP contribution in [0.25, 0.3) is 0 Å². The van der Waals surface area contributed by atoms with Crippen molar-refractivity contribution < 1.29 is 23.5 Å². The average Bonchev–Trinajstić information content (AvgIpc) is 2.90. The van der Waals surface area contributed by atoms with E-state index >= 15 is 0 Å². The van der Waals surface area contributed by atoms with Gasteiger partial charge in [0.25, 0.3) is 5.91 Å². The van der Waals surface area contributed by atoms with Crippen LogP contribution < -0.4 is 16.0 Å². The molecule has 0 bridgehead atoms. The van der Waals surface area contributed by atoms with Gasteiger partial charge in [0.15, 0.2) is 0 Å². The first-order chi connectivity index (χ1) is 11.2. The molecule has 0 aromatic carbocycles. The normalized spacial score (nSPS) is 13.1. The largest absolute Gasteiger partial charge is 0.444 e. The number of aromatic nitrogens is 2. The van der Waals surface area contributed by atoms with Gasteiger partial charge in [0, 0.05) is 7.05 Å². The number of anilines is 1. The third-order valence-electron chi connectivity index (χ3n) is 3.02. The summed E-state index contributed by atoms with van der Waals surface area (Å²) < 4.78 is 10.2. The maximum atomic E-state index is 12.8. The third kappa shape index (κ3) is 5.73. The van der Waals surface area contributed by atoms with Gasteiger partial charge in [-0.05, 0) is 26.2 Å². The number of hydrogen-bond donors (Lipinski definition) is 2. The molecule has 0 saturated heterocycles. The van der Waals surface area contributed by atoms with Crippen LogP contribution in [0.4, 0.5) is 10.8 Å². The van der Waals surface area contributed by atoms with Crippen LogP contribution in [0.3, 0.4) is 0 Å². The third-order valence-corrected chi connectivity index (χ3v) is 3.02. The Kier molecular flexibility index (Phi) is 5.77. The summed E-state index contributed by atoms with van der Waals surface area (Å²) in [5.74, 6) is -1.83. The van der Waals surface area contributed by atoms with E-state index in [1.165, 1.54) is 7.05 Å². The highest BCUT2D eigenvalue weighted by Crippen LogP contribution is 2.23. The highest BCUT2D eigenvalue weighted by Gasteiger charge is 2.37. The van der Waals surface area contributed by atoms with Crippen LogP contribution in [0.15, 0.2) is 4.42 Å². The smallest absolute Gasteiger partial charge is 0.408 e. The fourth-order valence-electron chi connectivity index (χ4n) is 1.81. The van der Waals surface area contributed by atoms with E-state index in [2.05, 4.69) is 15.5 Å². The molecule has 1 atom stereocenters. The minimum absolute atomic E-state index is 0.209. The Morgan fingerprint density at radius 1 is 1.16 bits per heavy atom. The Morgan fingerprint density at radius 3 is 2.12 bits per heavy atom. The summed E-state index contributed by atoms with van der Waals surface area (Å²) in [5.41, 5.74) is 3.71. The van der Waals surface area contributed by atoms with Crippen molar-refractivity contribution in [3.05, 3.63) is 5.89 Å². The highest BCUT2D eigenvalue weighted by molar-refractivity contribution is 5.97. The van der Waals surface area contributed by atoms with Gasteiger partial charge < -0.3 is 20.2 Å². The number of hydrogen-bond acceptors (Lipinski definition) is 7. The Labute approximate surface area is 146 Å². The van der Waals surface area contributed by atoms with E-state index in [-0.39, 0.29) is 6.01 Å². The predicted octanol–water partition coefficient (Wildman–Crippen LogP) is 1.07. The fourth-order valence-corrected chi connectivity index (χ4v) is 1.81. The molecular formula is C15H25N5O5. The molecule has 0 saturated carbocycles. The molecule has 0 fully saturated rings. The predicted molar refractivity (Wildman–Crippen MR) is 88.8 cm³/mol. The van der Waals surface area contributed by atoms with Crippen molar-refractivity contribution in [3.8, 4) is 0 Å². The highest BCUT2D eigenvalue weighted by atomic mass is 16.6. The number of primary amides is 1. The molecule has 1 heterocycles. The molecule has 1 aromatic rings. The maximum Gasteiger partial charge on any atom is 0.408 e. The van der Waals surface area contributed by atoms with Crippen LogP contribution in [-0.2, 0) is 9.53 Å². The van der Waals surface area contributed by atoms with Gasteiger partial charge in [0.05, 0.1) is 0 Å². The number of nitrogens with two attached hydrogens (primary N) is 1. The number of likely N-dealkylation sites (N-methyl/N-ethyl adjacent to an activating group) is 1. The Bertz CT molecular complexity index is 656. The molecule has 3 N–H and O–H groups in total. The lowest BCUT2D eigenvalue weighted by Crippen LogP contribution is -2.55. The van der Waals surface area contributed by atoms with Crippen molar-refractivity contribution in [2.45, 2.75) is 53.2 Å². The molecule has 25 heavy (non-hydrogen) atoms. The van der Waals surface area contributed by atoms with Crippen molar-refractivity contribution in [1.29, 1.82) is 0 Å². The van der Waals surface area contributed by atoms with Crippen molar-refractivity contribution in [2.24, 2.45) is 11.1 Å². The zero-order valence-corrected chi connectivity index (χ0v) is 15.5. The quantitative estimate of drug-likeness (QED) is 0.823. The second-order valence-corrected chi connectivity index (χ2v) is 7.60. The van der Waals surface area contributed by atoms with Gasteiger partial charge in [-0.3, -0.25) is 14.5 Å². The maximum absolute atomic E-state index is 12.8. The van der Waals surface area contributed by atoms with E-state index in [1.54, 1.807) is 41.5 Å². The summed E-state index contributed by atoms with van der Waals surface area (Å²) in [6.07, 6.45) is -0.725. The molecule has 10 nitrogen and oxygen atoms in total. The van der Waals surface area contributed by atoms with Gasteiger partial charge in [-0.25, -0.2) is 4.79 Å². The average molecular weight is 355 g/mol. The number of nitrogens with zero attached hydrogens (tertiary/aromatic N) is 3. The molecule has 0 aliphatic heterocycles. The van der Waals surface area contributed by atoms with Gasteiger partial charge in [-0.15, -0.1) is 5.10 Å². The van der Waals surface area contributed by atoms with E-state index in [1.807, 2.05) is 0 Å². The second kappa shape index (κ2) is 7.08. The van der Waals surface area contributed by atoms with Crippen molar-refractivity contribution in [2.75, 3.05) is 11.9 Å². The van der Waals surface area contributed by atoms with Crippen LogP contribution >= 0.6 is 0 Å². The molecule has 0 aliphatic carbocycles. The number of amides is 3. The van der Waals surface area contributed by atoms with Gasteiger partial charge in [0.1, 0.15) is 11.6 Å². The molecule has 0 radical (unpaired) electrons. The number of ether oxygens (including phenoxy) is 1. The molecular weight excluding hydrogens is 330 g/mol. The molecule has 0 aliphatic rings. The number of nitrogens with one attached hydrogen (secondary N) is 1. The summed E-state index contributed by atoms with van der Waals surface area (Å²) in [5, 5.41) is 9.62. The Hall–Kier alpha value is -2.65. The fraction of sp³-hybridized carbons (Fsp3) is 0.667. The first-order valence-corrected chi connectivity index (χ1v) is 7.63. The van der Waals surface area contributed by atoms with E-state index in [0.717, 1.165) is 4.90 Å². The zero-order valence-electron chi connectivity index (χ0n) is 15.5. The number of alkyl carbamates (subject to hydrolysis) is 1. The van der Waals surface area contributed by atoms with Crippen molar-refractivity contribution >= 4 is 23.9 Å². The molecule has 0 unspecified atom stereocenters. The lowest BCUT2D eigenvalue weighted by molar-refractivity contribution is -0.123. The topological polar surface area (TPSA) is 141 Å². The van der Waals surface area contributed by atoms with E-state index in [0.29, 0.717) is 0 Å². The number of carbonyl (C=O) groups is 3. The summed E-state index contributed by atoms with van der Waals surface area (Å²) in [4.78, 5) is 36.9. The van der Waals surface area contributed by atoms with Crippen LogP contribution in [0, 0.1) is 5.41 Å². The van der Waals surface area contributed by atoms with E-state index < -0.39 is 40.9 Å². The molecule has 1 aromatic heterocycles. The molecule has 0 spiro atoms. The molecule has 140 valence electrons. The lowest BCUT2D eigenvalue weighted by atomic mass is 9.86. The molecule has 1 rings (SSSR count). The van der Waals surface area contributed by atoms with Gasteiger partial charge in [0.2, 0.25) is 0 Å². The van der Waals surface area contributed by atoms with Crippen LogP contribution in [0.5, 0.6) is 0 Å².